The van der Waals surface area contributed by atoms with E-state index < -0.39 is 0 Å². The van der Waals surface area contributed by atoms with E-state index in [1.54, 1.807) is 0 Å². The van der Waals surface area contributed by atoms with Gasteiger partial charge in [-0.2, -0.15) is 0 Å². The summed E-state index contributed by atoms with van der Waals surface area (Å²) >= 11 is 6.18. The molecule has 1 N–H and O–H groups in total. The minimum absolute atomic E-state index is 0.685. The summed E-state index contributed by atoms with van der Waals surface area (Å²) < 4.78 is 5.55. The molecule has 0 saturated heterocycles. The smallest absolute Gasteiger partial charge is 0.138 e. The van der Waals surface area contributed by atoms with E-state index >= 15 is 0 Å². The van der Waals surface area contributed by atoms with Crippen LogP contribution in [0, 0.1) is 0 Å². The van der Waals surface area contributed by atoms with Crippen LogP contribution in [0.2, 0.25) is 5.02 Å². The first-order valence-electron chi connectivity index (χ1n) is 7.44. The van der Waals surface area contributed by atoms with E-state index in [0.717, 1.165) is 24.4 Å². The molecule has 0 bridgehead atoms. The molecule has 0 heterocycles. The summed E-state index contributed by atoms with van der Waals surface area (Å²) in [4.78, 5) is 0. The van der Waals surface area contributed by atoms with Crippen LogP contribution in [-0.2, 0) is 0 Å². The Morgan fingerprint density at radius 2 is 1.84 bits per heavy atom. The van der Waals surface area contributed by atoms with E-state index in [0.29, 0.717) is 11.6 Å². The van der Waals surface area contributed by atoms with E-state index in [1.165, 1.54) is 32.1 Å². The quantitative estimate of drug-likeness (QED) is 0.572. The molecule has 0 aliphatic rings. The monoisotopic (exact) mass is 283 g/mol. The van der Waals surface area contributed by atoms with Crippen molar-refractivity contribution in [2.45, 2.75) is 52.4 Å². The highest BCUT2D eigenvalue weighted by molar-refractivity contribution is 6.32. The largest absolute Gasteiger partial charge is 0.492 e. The Hall–Kier alpha value is -0.890. The fourth-order valence-corrected chi connectivity index (χ4v) is 2.14. The Morgan fingerprint density at radius 1 is 1.05 bits per heavy atom. The summed E-state index contributed by atoms with van der Waals surface area (Å²) in [6, 6.07) is 5.92. The maximum Gasteiger partial charge on any atom is 0.138 e. The summed E-state index contributed by atoms with van der Waals surface area (Å²) in [6.07, 6.45) is 7.48. The molecule has 1 aromatic rings. The van der Waals surface area contributed by atoms with E-state index in [9.17, 15) is 0 Å². The van der Waals surface area contributed by atoms with Crippen molar-refractivity contribution in [1.82, 2.24) is 0 Å². The standard InChI is InChI=1S/C16H26ClNO/c1-3-5-6-7-8-11-18-14-9-10-16(15(17)13-14)19-12-4-2/h9-10,13,18H,3-8,11-12H2,1-2H3. The number of rotatable bonds is 10. The second-order valence-corrected chi connectivity index (χ2v) is 5.24. The van der Waals surface area contributed by atoms with Crippen LogP contribution in [0.4, 0.5) is 5.69 Å². The topological polar surface area (TPSA) is 21.3 Å². The molecule has 19 heavy (non-hydrogen) atoms. The summed E-state index contributed by atoms with van der Waals surface area (Å²) in [5.74, 6) is 0.775. The maximum absolute atomic E-state index is 6.18. The van der Waals surface area contributed by atoms with Gasteiger partial charge in [-0.15, -0.1) is 0 Å². The molecule has 0 saturated carbocycles. The normalized spacial score (nSPS) is 10.5. The van der Waals surface area contributed by atoms with Gasteiger partial charge in [-0.1, -0.05) is 51.1 Å². The molecular formula is C16H26ClNO. The summed E-state index contributed by atoms with van der Waals surface area (Å²) in [6.45, 7) is 6.05. The molecule has 0 aliphatic carbocycles. The first-order valence-corrected chi connectivity index (χ1v) is 7.82. The minimum Gasteiger partial charge on any atom is -0.492 e. The van der Waals surface area contributed by atoms with Gasteiger partial charge in [-0.3, -0.25) is 0 Å². The molecule has 2 nitrogen and oxygen atoms in total. The van der Waals surface area contributed by atoms with Gasteiger partial charge in [-0.05, 0) is 31.0 Å². The van der Waals surface area contributed by atoms with Crippen LogP contribution in [0.15, 0.2) is 18.2 Å². The predicted molar refractivity (Wildman–Crippen MR) is 84.5 cm³/mol. The predicted octanol–water partition coefficient (Wildman–Crippen LogP) is 5.51. The number of nitrogens with one attached hydrogen (secondary N) is 1. The third-order valence-corrected chi connectivity index (χ3v) is 3.30. The molecule has 0 amide bonds. The lowest BCUT2D eigenvalue weighted by Gasteiger charge is -2.10. The van der Waals surface area contributed by atoms with Gasteiger partial charge in [0.2, 0.25) is 0 Å². The van der Waals surface area contributed by atoms with Gasteiger partial charge in [0, 0.05) is 12.2 Å². The Balaban J connectivity index is 2.29. The number of hydrogen-bond acceptors (Lipinski definition) is 2. The fraction of sp³-hybridized carbons (Fsp3) is 0.625. The second kappa shape index (κ2) is 9.96. The highest BCUT2D eigenvalue weighted by atomic mass is 35.5. The lowest BCUT2D eigenvalue weighted by Crippen LogP contribution is -2.02. The Bertz CT molecular complexity index is 355. The molecule has 108 valence electrons. The highest BCUT2D eigenvalue weighted by Crippen LogP contribution is 2.27. The first kappa shape index (κ1) is 16.2. The van der Waals surface area contributed by atoms with Crippen molar-refractivity contribution in [1.29, 1.82) is 0 Å². The second-order valence-electron chi connectivity index (χ2n) is 4.83. The molecule has 0 atom stereocenters. The zero-order valence-corrected chi connectivity index (χ0v) is 12.9. The van der Waals surface area contributed by atoms with Crippen LogP contribution in [0.5, 0.6) is 5.75 Å². The molecule has 0 unspecified atom stereocenters. The van der Waals surface area contributed by atoms with Crippen molar-refractivity contribution < 1.29 is 4.74 Å². The molecule has 0 aliphatic heterocycles. The maximum atomic E-state index is 6.18. The van der Waals surface area contributed by atoms with Crippen molar-refractivity contribution in [3.05, 3.63) is 23.2 Å². The van der Waals surface area contributed by atoms with Gasteiger partial charge < -0.3 is 10.1 Å². The van der Waals surface area contributed by atoms with Gasteiger partial charge in [0.15, 0.2) is 0 Å². The lowest BCUT2D eigenvalue weighted by atomic mass is 10.1. The molecule has 0 spiro atoms. The number of hydrogen-bond donors (Lipinski definition) is 1. The number of unbranched alkanes of at least 4 members (excludes halogenated alkanes) is 4. The molecule has 1 aromatic carbocycles. The van der Waals surface area contributed by atoms with Crippen LogP contribution in [0.1, 0.15) is 52.4 Å². The lowest BCUT2D eigenvalue weighted by molar-refractivity contribution is 0.317. The number of halogens is 1. The summed E-state index contributed by atoms with van der Waals surface area (Å²) in [5.41, 5.74) is 1.07. The van der Waals surface area contributed by atoms with E-state index in [2.05, 4.69) is 19.2 Å². The van der Waals surface area contributed by atoms with Crippen LogP contribution in [0.3, 0.4) is 0 Å². The molecule has 0 radical (unpaired) electrons. The zero-order valence-electron chi connectivity index (χ0n) is 12.2. The van der Waals surface area contributed by atoms with Crippen molar-refractivity contribution in [3.8, 4) is 5.75 Å². The van der Waals surface area contributed by atoms with E-state index in [1.807, 2.05) is 18.2 Å². The Kier molecular flexibility index (Phi) is 8.48. The summed E-state index contributed by atoms with van der Waals surface area (Å²) in [5, 5.41) is 4.09. The zero-order chi connectivity index (χ0) is 13.9. The van der Waals surface area contributed by atoms with Crippen LogP contribution < -0.4 is 10.1 Å². The van der Waals surface area contributed by atoms with E-state index in [4.69, 9.17) is 16.3 Å². The average Bonchev–Trinajstić information content (AvgIpc) is 2.42. The molecule has 3 heteroatoms. The van der Waals surface area contributed by atoms with E-state index in [-0.39, 0.29) is 0 Å². The first-order chi connectivity index (χ1) is 9.27. The summed E-state index contributed by atoms with van der Waals surface area (Å²) in [7, 11) is 0. The van der Waals surface area contributed by atoms with Gasteiger partial charge in [-0.25, -0.2) is 0 Å². The molecule has 0 fully saturated rings. The van der Waals surface area contributed by atoms with Crippen LogP contribution in [0.25, 0.3) is 0 Å². The van der Waals surface area contributed by atoms with Gasteiger partial charge in [0.1, 0.15) is 5.75 Å². The van der Waals surface area contributed by atoms with Crippen molar-refractivity contribution in [3.63, 3.8) is 0 Å². The Morgan fingerprint density at radius 3 is 2.53 bits per heavy atom. The third-order valence-electron chi connectivity index (χ3n) is 3.00. The SMILES string of the molecule is CCCCCCCNc1ccc(OCCC)c(Cl)c1. The number of anilines is 1. The average molecular weight is 284 g/mol. The van der Waals surface area contributed by atoms with Crippen molar-refractivity contribution in [2.24, 2.45) is 0 Å². The Labute approximate surface area is 122 Å². The molecule has 1 rings (SSSR count). The van der Waals surface area contributed by atoms with Gasteiger partial charge >= 0.3 is 0 Å². The minimum atomic E-state index is 0.685. The van der Waals surface area contributed by atoms with Gasteiger partial charge in [0.05, 0.1) is 11.6 Å². The van der Waals surface area contributed by atoms with Crippen molar-refractivity contribution in [2.75, 3.05) is 18.5 Å². The number of benzene rings is 1. The number of ether oxygens (including phenoxy) is 1. The van der Waals surface area contributed by atoms with Crippen molar-refractivity contribution >= 4 is 17.3 Å². The third kappa shape index (κ3) is 6.72. The molecular weight excluding hydrogens is 258 g/mol. The molecule has 0 aromatic heterocycles. The van der Waals surface area contributed by atoms with Gasteiger partial charge in [0.25, 0.3) is 0 Å². The highest BCUT2D eigenvalue weighted by Gasteiger charge is 2.02. The van der Waals surface area contributed by atoms with Crippen LogP contribution >= 0.6 is 11.6 Å². The fourth-order valence-electron chi connectivity index (χ4n) is 1.90. The van der Waals surface area contributed by atoms with Crippen LogP contribution in [-0.4, -0.2) is 13.2 Å².